The number of hydrogen-bond acceptors (Lipinski definition) is 9. The van der Waals surface area contributed by atoms with Gasteiger partial charge < -0.3 is 18.9 Å². The van der Waals surface area contributed by atoms with Crippen molar-refractivity contribution in [3.63, 3.8) is 0 Å². The van der Waals surface area contributed by atoms with Gasteiger partial charge in [0.15, 0.2) is 23.8 Å². The van der Waals surface area contributed by atoms with Crippen LogP contribution in [-0.4, -0.2) is 58.8 Å². The summed E-state index contributed by atoms with van der Waals surface area (Å²) in [5.41, 5.74) is -0.380. The fourth-order valence-electron chi connectivity index (χ4n) is 11.4. The maximum atomic E-state index is 7.14. The molecule has 10 aliphatic rings. The number of rotatable bonds is 3. The molecular weight excluding hydrogens is 574 g/mol. The van der Waals surface area contributed by atoms with Crippen LogP contribution in [0.15, 0.2) is 4.99 Å². The lowest BCUT2D eigenvalue weighted by molar-refractivity contribution is -0.571. The van der Waals surface area contributed by atoms with Crippen LogP contribution in [0.25, 0.3) is 0 Å². The van der Waals surface area contributed by atoms with E-state index in [1.807, 2.05) is 13.8 Å². The van der Waals surface area contributed by atoms with Gasteiger partial charge in [0.2, 0.25) is 11.6 Å². The van der Waals surface area contributed by atoms with Crippen molar-refractivity contribution in [2.75, 3.05) is 0 Å². The first-order valence-corrected chi connectivity index (χ1v) is 18.2. The summed E-state index contributed by atoms with van der Waals surface area (Å²) in [6.45, 7) is 19.9. The van der Waals surface area contributed by atoms with Gasteiger partial charge in [-0.25, -0.2) is 19.6 Å². The molecule has 8 aliphatic heterocycles. The number of fused-ring (bicyclic) bond motifs is 4. The highest BCUT2D eigenvalue weighted by Crippen LogP contribution is 2.63. The fourth-order valence-corrected chi connectivity index (χ4v) is 11.4. The monoisotopic (exact) mass is 631 g/mol. The maximum absolute atomic E-state index is 7.14. The van der Waals surface area contributed by atoms with Crippen molar-refractivity contribution in [2.24, 2.45) is 52.3 Å². The van der Waals surface area contributed by atoms with E-state index < -0.39 is 35.4 Å². The Hall–Kier alpha value is -0.650. The van der Waals surface area contributed by atoms with E-state index in [1.165, 1.54) is 12.8 Å². The molecule has 0 unspecified atom stereocenters. The number of ether oxygens (including phenoxy) is 4. The van der Waals surface area contributed by atoms with Gasteiger partial charge in [0.25, 0.3) is 0 Å². The summed E-state index contributed by atoms with van der Waals surface area (Å²) in [5.74, 6) is 1.10. The Morgan fingerprint density at radius 2 is 1.16 bits per heavy atom. The molecule has 10 fully saturated rings. The zero-order valence-corrected chi connectivity index (χ0v) is 29.0. The van der Waals surface area contributed by atoms with Gasteiger partial charge in [-0.05, 0) is 109 Å². The van der Waals surface area contributed by atoms with Crippen LogP contribution in [0.5, 0.6) is 0 Å². The van der Waals surface area contributed by atoms with Crippen molar-refractivity contribution in [3.05, 3.63) is 0 Å². The SMILES string of the molecule is C[C@H]1[C@@H](C(C[C@H]2O[C@@H]3O[C@]4(C)CC[C@H]5[C@H](C)CC[C@@H]([C@H]2C)[C@@]35OO4)=NC(C)(C)C)O[C@@H]2O[C@]3(C)CC[C@H]4[C@H](C)CC[C@@H]1[C@@]24OO3. The van der Waals surface area contributed by atoms with Crippen molar-refractivity contribution in [1.29, 1.82) is 0 Å². The Balaban J connectivity index is 1.13. The smallest absolute Gasteiger partial charge is 0.201 e. The summed E-state index contributed by atoms with van der Waals surface area (Å²) < 4.78 is 27.7. The highest BCUT2D eigenvalue weighted by atomic mass is 17.3. The Kier molecular flexibility index (Phi) is 7.32. The summed E-state index contributed by atoms with van der Waals surface area (Å²) in [5, 5.41) is 0. The van der Waals surface area contributed by atoms with E-state index in [0.29, 0.717) is 30.1 Å². The third kappa shape index (κ3) is 4.64. The number of nitrogens with zero attached hydrogens (tertiary/aromatic N) is 1. The molecule has 9 heteroatoms. The molecule has 0 N–H and O–H groups in total. The van der Waals surface area contributed by atoms with Gasteiger partial charge in [-0.3, -0.25) is 4.99 Å². The van der Waals surface area contributed by atoms with Crippen molar-refractivity contribution >= 4 is 5.71 Å². The molecule has 2 spiro atoms. The van der Waals surface area contributed by atoms with Gasteiger partial charge in [0.1, 0.15) is 6.10 Å². The van der Waals surface area contributed by atoms with Crippen LogP contribution in [0, 0.1) is 47.3 Å². The van der Waals surface area contributed by atoms with Crippen molar-refractivity contribution in [1.82, 2.24) is 0 Å². The predicted molar refractivity (Wildman–Crippen MR) is 165 cm³/mol. The Morgan fingerprint density at radius 1 is 0.644 bits per heavy atom. The number of aliphatic imine (C=N–C) groups is 1. The van der Waals surface area contributed by atoms with E-state index in [4.69, 9.17) is 43.5 Å². The van der Waals surface area contributed by atoms with E-state index in [1.54, 1.807) is 0 Å². The lowest BCUT2D eigenvalue weighted by atomic mass is 9.56. The molecule has 0 aromatic heterocycles. The van der Waals surface area contributed by atoms with Gasteiger partial charge in [-0.1, -0.05) is 27.7 Å². The van der Waals surface area contributed by atoms with Gasteiger partial charge >= 0.3 is 0 Å². The largest absolute Gasteiger partial charge is 0.345 e. The van der Waals surface area contributed by atoms with Gasteiger partial charge in [0, 0.05) is 36.8 Å². The molecule has 2 aliphatic carbocycles. The first kappa shape index (κ1) is 31.6. The fraction of sp³-hybridized carbons (Fsp3) is 0.972. The highest BCUT2D eigenvalue weighted by molar-refractivity contribution is 5.90. The minimum Gasteiger partial charge on any atom is -0.345 e. The van der Waals surface area contributed by atoms with Crippen LogP contribution in [0.2, 0.25) is 0 Å². The third-order valence-corrected chi connectivity index (χ3v) is 13.7. The van der Waals surface area contributed by atoms with Gasteiger partial charge in [-0.15, -0.1) is 0 Å². The second-order valence-corrected chi connectivity index (χ2v) is 17.7. The Labute approximate surface area is 269 Å². The van der Waals surface area contributed by atoms with Crippen LogP contribution >= 0.6 is 0 Å². The van der Waals surface area contributed by atoms with Crippen molar-refractivity contribution in [2.45, 2.75) is 173 Å². The normalized spacial score (nSPS) is 57.5. The summed E-state index contributed by atoms with van der Waals surface area (Å²) in [6.07, 6.45) is 7.62. The molecule has 10 rings (SSSR count). The first-order chi connectivity index (χ1) is 21.2. The summed E-state index contributed by atoms with van der Waals surface area (Å²) in [4.78, 5) is 30.5. The molecule has 16 atom stereocenters. The second kappa shape index (κ2) is 10.4. The van der Waals surface area contributed by atoms with E-state index in [2.05, 4.69) is 48.5 Å². The lowest BCUT2D eigenvalue weighted by Crippen LogP contribution is -2.71. The molecule has 0 amide bonds. The summed E-state index contributed by atoms with van der Waals surface area (Å²) in [6, 6.07) is 0. The standard InChI is InChI=1S/C36H57NO8/c1-19-10-12-25-21(3)28(38-30-35(25)23(19)14-16-33(8,40-30)42-44-35)18-27(37-32(5,6)7)29-22(4)26-13-11-20(2)24-15-17-34(9)41-31(39-29)36(24,26)45-43-34/h19-26,28-31H,10-18H2,1-9H3/t19-,20-,21-,22-,23+,24+,25+,26+,28-,29+,30-,31-,33+,34+,35-,36-/m1/s1. The molecule has 0 aromatic carbocycles. The van der Waals surface area contributed by atoms with E-state index in [0.717, 1.165) is 44.2 Å². The zero-order valence-electron chi connectivity index (χ0n) is 29.0. The zero-order chi connectivity index (χ0) is 31.7. The van der Waals surface area contributed by atoms with Gasteiger partial charge in [-0.2, -0.15) is 0 Å². The van der Waals surface area contributed by atoms with Crippen LogP contribution in [0.4, 0.5) is 0 Å². The molecule has 4 bridgehead atoms. The van der Waals surface area contributed by atoms with Crippen molar-refractivity contribution < 1.29 is 38.5 Å². The van der Waals surface area contributed by atoms with Crippen molar-refractivity contribution in [3.8, 4) is 0 Å². The minimum atomic E-state index is -0.803. The molecule has 0 radical (unpaired) electrons. The molecule has 45 heavy (non-hydrogen) atoms. The molecular formula is C36H57NO8. The maximum Gasteiger partial charge on any atom is 0.201 e. The van der Waals surface area contributed by atoms with E-state index in [-0.39, 0.29) is 41.4 Å². The lowest BCUT2D eigenvalue weighted by Gasteiger charge is -2.61. The third-order valence-electron chi connectivity index (χ3n) is 13.7. The molecule has 8 heterocycles. The minimum absolute atomic E-state index is 0.0817. The molecule has 2 saturated carbocycles. The highest BCUT2D eigenvalue weighted by Gasteiger charge is 2.71. The summed E-state index contributed by atoms with van der Waals surface area (Å²) in [7, 11) is 0. The van der Waals surface area contributed by atoms with Crippen LogP contribution < -0.4 is 0 Å². The number of hydrogen-bond donors (Lipinski definition) is 0. The Bertz CT molecular complexity index is 1210. The van der Waals surface area contributed by atoms with Crippen LogP contribution in [0.3, 0.4) is 0 Å². The average molecular weight is 632 g/mol. The molecule has 0 aromatic rings. The second-order valence-electron chi connectivity index (χ2n) is 17.7. The van der Waals surface area contributed by atoms with Crippen LogP contribution in [-0.2, 0) is 38.5 Å². The molecule has 8 saturated heterocycles. The topological polar surface area (TPSA) is 86.2 Å². The molecule has 9 nitrogen and oxygen atoms in total. The van der Waals surface area contributed by atoms with Gasteiger partial charge in [0.05, 0.1) is 11.6 Å². The van der Waals surface area contributed by atoms with E-state index >= 15 is 0 Å². The predicted octanol–water partition coefficient (Wildman–Crippen LogP) is 7.12. The molecule has 254 valence electrons. The quantitative estimate of drug-likeness (QED) is 0.241. The summed E-state index contributed by atoms with van der Waals surface area (Å²) >= 11 is 0. The average Bonchev–Trinajstić information content (AvgIpc) is 3.34. The Morgan fingerprint density at radius 3 is 1.69 bits per heavy atom. The van der Waals surface area contributed by atoms with Crippen LogP contribution in [0.1, 0.15) is 120 Å². The van der Waals surface area contributed by atoms with E-state index in [9.17, 15) is 0 Å². The first-order valence-electron chi connectivity index (χ1n) is 18.2.